The number of aliphatic hydroxyl groups is 1. The smallest absolute Gasteiger partial charge is 0.326 e. The van der Waals surface area contributed by atoms with Gasteiger partial charge in [0.15, 0.2) is 0 Å². The number of nitrogens with one attached hydrogen (secondary N) is 2. The third kappa shape index (κ3) is 1.99. The van der Waals surface area contributed by atoms with Crippen LogP contribution in [0.3, 0.4) is 0 Å². The molecule has 3 N–H and O–H groups in total. The van der Waals surface area contributed by atoms with Crippen LogP contribution in [0.1, 0.15) is 31.9 Å². The van der Waals surface area contributed by atoms with Gasteiger partial charge in [-0.25, -0.2) is 4.79 Å². The van der Waals surface area contributed by atoms with Gasteiger partial charge in [0.1, 0.15) is 0 Å². The number of hydrogen-bond acceptors (Lipinski definition) is 3. The van der Waals surface area contributed by atoms with Crippen molar-refractivity contribution in [2.75, 3.05) is 0 Å². The maximum Gasteiger partial charge on any atom is 0.326 e. The number of aryl methyl sites for hydroxylation is 1. The van der Waals surface area contributed by atoms with Crippen molar-refractivity contribution in [3.8, 4) is 0 Å². The molecule has 5 nitrogen and oxygen atoms in total. The number of aromatic nitrogens is 2. The van der Waals surface area contributed by atoms with E-state index in [0.29, 0.717) is 12.6 Å². The SMILES string of the molecule is CC(C)N[C@H]1CCn2c(=O)[nH]c3cccc(c32)C1O. The first kappa shape index (κ1) is 12.4. The van der Waals surface area contributed by atoms with Crippen molar-refractivity contribution in [2.24, 2.45) is 0 Å². The molecule has 3 rings (SSSR count). The summed E-state index contributed by atoms with van der Waals surface area (Å²) in [6.07, 6.45) is 0.149. The number of aliphatic hydroxyl groups excluding tert-OH is 1. The lowest BCUT2D eigenvalue weighted by molar-refractivity contribution is 0.121. The largest absolute Gasteiger partial charge is 0.387 e. The van der Waals surface area contributed by atoms with Crippen LogP contribution < -0.4 is 11.0 Å². The van der Waals surface area contributed by atoms with Crippen molar-refractivity contribution in [1.82, 2.24) is 14.9 Å². The van der Waals surface area contributed by atoms with Crippen LogP contribution in [0, 0.1) is 0 Å². The predicted octanol–water partition coefficient (Wildman–Crippen LogP) is 1.13. The van der Waals surface area contributed by atoms with Crippen molar-refractivity contribution in [2.45, 2.75) is 45.0 Å². The van der Waals surface area contributed by atoms with E-state index >= 15 is 0 Å². The minimum absolute atomic E-state index is 0.0232. The highest BCUT2D eigenvalue weighted by Crippen LogP contribution is 2.29. The Hall–Kier alpha value is -1.59. The summed E-state index contributed by atoms with van der Waals surface area (Å²) in [6, 6.07) is 5.93. The fraction of sp³-hybridized carbons (Fsp3) is 0.500. The van der Waals surface area contributed by atoms with Crippen molar-refractivity contribution >= 4 is 11.0 Å². The van der Waals surface area contributed by atoms with Crippen molar-refractivity contribution in [3.63, 3.8) is 0 Å². The Balaban J connectivity index is 2.14. The van der Waals surface area contributed by atoms with E-state index in [0.717, 1.165) is 23.0 Å². The van der Waals surface area contributed by atoms with E-state index in [9.17, 15) is 9.90 Å². The Bertz CT molecular complexity index is 656. The van der Waals surface area contributed by atoms with Gasteiger partial charge in [0.05, 0.1) is 17.1 Å². The monoisotopic (exact) mass is 261 g/mol. The fourth-order valence-electron chi connectivity index (χ4n) is 2.95. The Kier molecular flexibility index (Phi) is 2.95. The van der Waals surface area contributed by atoms with Crippen LogP contribution in [-0.2, 0) is 6.54 Å². The van der Waals surface area contributed by atoms with Crippen molar-refractivity contribution < 1.29 is 5.11 Å². The highest BCUT2D eigenvalue weighted by molar-refractivity contribution is 5.79. The van der Waals surface area contributed by atoms with Crippen molar-refractivity contribution in [3.05, 3.63) is 34.2 Å². The average Bonchev–Trinajstić information content (AvgIpc) is 2.61. The third-order valence-corrected chi connectivity index (χ3v) is 3.73. The van der Waals surface area contributed by atoms with E-state index in [1.165, 1.54) is 0 Å². The van der Waals surface area contributed by atoms with Crippen LogP contribution in [0.15, 0.2) is 23.0 Å². The topological polar surface area (TPSA) is 70.0 Å². The summed E-state index contributed by atoms with van der Waals surface area (Å²) in [4.78, 5) is 14.8. The van der Waals surface area contributed by atoms with Crippen LogP contribution in [0.25, 0.3) is 11.0 Å². The van der Waals surface area contributed by atoms with Gasteiger partial charge >= 0.3 is 5.69 Å². The maximum atomic E-state index is 11.9. The van der Waals surface area contributed by atoms with E-state index in [1.807, 2.05) is 18.2 Å². The number of para-hydroxylation sites is 1. The Morgan fingerprint density at radius 2 is 2.26 bits per heavy atom. The van der Waals surface area contributed by atoms with Gasteiger partial charge in [-0.05, 0) is 12.5 Å². The molecule has 1 aliphatic heterocycles. The zero-order chi connectivity index (χ0) is 13.6. The lowest BCUT2D eigenvalue weighted by Gasteiger charge is -2.24. The Morgan fingerprint density at radius 1 is 1.47 bits per heavy atom. The zero-order valence-electron chi connectivity index (χ0n) is 11.2. The van der Waals surface area contributed by atoms with E-state index < -0.39 is 6.10 Å². The molecule has 2 atom stereocenters. The first-order valence-electron chi connectivity index (χ1n) is 6.73. The molecule has 0 fully saturated rings. The minimum Gasteiger partial charge on any atom is -0.387 e. The van der Waals surface area contributed by atoms with Gasteiger partial charge in [-0.15, -0.1) is 0 Å². The average molecular weight is 261 g/mol. The quantitative estimate of drug-likeness (QED) is 0.759. The second-order valence-electron chi connectivity index (χ2n) is 5.49. The van der Waals surface area contributed by atoms with Crippen LogP contribution >= 0.6 is 0 Å². The minimum atomic E-state index is -0.588. The Labute approximate surface area is 111 Å². The summed E-state index contributed by atoms with van der Waals surface area (Å²) < 4.78 is 1.73. The highest BCUT2D eigenvalue weighted by Gasteiger charge is 2.28. The van der Waals surface area contributed by atoms with E-state index in [1.54, 1.807) is 4.57 Å². The molecule has 0 bridgehead atoms. The molecule has 1 aliphatic rings. The molecule has 1 aromatic carbocycles. The first-order chi connectivity index (χ1) is 9.08. The zero-order valence-corrected chi connectivity index (χ0v) is 11.2. The van der Waals surface area contributed by atoms with Crippen LogP contribution in [0.4, 0.5) is 0 Å². The van der Waals surface area contributed by atoms with Crippen molar-refractivity contribution in [1.29, 1.82) is 0 Å². The van der Waals surface area contributed by atoms with Gasteiger partial charge in [0.2, 0.25) is 0 Å². The lowest BCUT2D eigenvalue weighted by Crippen LogP contribution is -2.39. The maximum absolute atomic E-state index is 11.9. The molecular weight excluding hydrogens is 242 g/mol. The number of imidazole rings is 1. The van der Waals surface area contributed by atoms with E-state index in [-0.39, 0.29) is 11.7 Å². The highest BCUT2D eigenvalue weighted by atomic mass is 16.3. The number of benzene rings is 1. The molecule has 0 saturated carbocycles. The molecule has 19 heavy (non-hydrogen) atoms. The van der Waals surface area contributed by atoms with Gasteiger partial charge < -0.3 is 15.4 Å². The van der Waals surface area contributed by atoms with Crippen LogP contribution in [0.2, 0.25) is 0 Å². The summed E-state index contributed by atoms with van der Waals surface area (Å²) in [5.74, 6) is 0. The number of H-pyrrole nitrogens is 1. The molecule has 0 saturated heterocycles. The molecule has 102 valence electrons. The van der Waals surface area contributed by atoms with E-state index in [4.69, 9.17) is 0 Å². The lowest BCUT2D eigenvalue weighted by atomic mass is 9.99. The molecule has 2 aromatic rings. The number of nitrogens with zero attached hydrogens (tertiary/aromatic N) is 1. The second-order valence-corrected chi connectivity index (χ2v) is 5.49. The van der Waals surface area contributed by atoms with Gasteiger partial charge in [0.25, 0.3) is 0 Å². The van der Waals surface area contributed by atoms with Crippen LogP contribution in [-0.4, -0.2) is 26.7 Å². The summed E-state index contributed by atoms with van der Waals surface area (Å²) in [7, 11) is 0. The predicted molar refractivity (Wildman–Crippen MR) is 74.2 cm³/mol. The first-order valence-corrected chi connectivity index (χ1v) is 6.73. The molecule has 2 heterocycles. The summed E-state index contributed by atoms with van der Waals surface area (Å²) in [5, 5.41) is 14.0. The van der Waals surface area contributed by atoms with Gasteiger partial charge in [-0.2, -0.15) is 0 Å². The molecule has 0 spiro atoms. The molecule has 0 aliphatic carbocycles. The summed E-state index contributed by atoms with van der Waals surface area (Å²) in [5.41, 5.74) is 2.37. The number of aromatic amines is 1. The standard InChI is InChI=1S/C14H19N3O2/c1-8(2)15-11-6-7-17-12-9(13(11)18)4-3-5-10(12)16-14(17)19/h3-5,8,11,13,15,18H,6-7H2,1-2H3,(H,16,19)/t11-,13?/m0/s1. The Morgan fingerprint density at radius 3 is 3.00 bits per heavy atom. The van der Waals surface area contributed by atoms with Gasteiger partial charge in [0, 0.05) is 24.2 Å². The molecular formula is C14H19N3O2. The molecule has 1 unspecified atom stereocenters. The summed E-state index contributed by atoms with van der Waals surface area (Å²) in [6.45, 7) is 4.74. The number of hydrogen-bond donors (Lipinski definition) is 3. The summed E-state index contributed by atoms with van der Waals surface area (Å²) >= 11 is 0. The molecule has 0 radical (unpaired) electrons. The fourth-order valence-corrected chi connectivity index (χ4v) is 2.95. The second kappa shape index (κ2) is 4.51. The molecule has 0 amide bonds. The van der Waals surface area contributed by atoms with E-state index in [2.05, 4.69) is 24.1 Å². The normalized spacial score (nSPS) is 22.9. The third-order valence-electron chi connectivity index (χ3n) is 3.73. The molecule has 1 aromatic heterocycles. The van der Waals surface area contributed by atoms with Crippen LogP contribution in [0.5, 0.6) is 0 Å². The molecule has 5 heteroatoms. The number of rotatable bonds is 2. The van der Waals surface area contributed by atoms with Gasteiger partial charge in [-0.1, -0.05) is 26.0 Å². The van der Waals surface area contributed by atoms with Gasteiger partial charge in [-0.3, -0.25) is 4.57 Å².